The largest absolute Gasteiger partial charge is 0.452 e. The van der Waals surface area contributed by atoms with Gasteiger partial charge in [-0.2, -0.15) is 4.31 Å². The Labute approximate surface area is 191 Å². The molecule has 0 saturated carbocycles. The maximum Gasteiger partial charge on any atom is 0.338 e. The molecule has 0 fully saturated rings. The fraction of sp³-hybridized carbons (Fsp3) is 0.417. The van der Waals surface area contributed by atoms with Gasteiger partial charge in [0.15, 0.2) is 6.61 Å². The standard InChI is InChI=1S/C24H32N2O5S/c1-6-25(7-2)32(29,30)22-15-21(14-13-19(22)5)24(28)31-17-23(27)26(18(3)4)16-20-11-9-8-10-12-20/h8-15,18H,6-7,16-17H2,1-5H3. The first-order chi connectivity index (χ1) is 15.1. The summed E-state index contributed by atoms with van der Waals surface area (Å²) < 4.78 is 32.4. The predicted octanol–water partition coefficient (Wildman–Crippen LogP) is 3.62. The van der Waals surface area contributed by atoms with E-state index < -0.39 is 22.6 Å². The highest BCUT2D eigenvalue weighted by atomic mass is 32.2. The summed E-state index contributed by atoms with van der Waals surface area (Å²) in [6.45, 7) is 9.63. The minimum atomic E-state index is -3.73. The number of hydrogen-bond acceptors (Lipinski definition) is 5. The summed E-state index contributed by atoms with van der Waals surface area (Å²) in [5, 5.41) is 0. The van der Waals surface area contributed by atoms with Gasteiger partial charge >= 0.3 is 5.97 Å². The van der Waals surface area contributed by atoms with Crippen molar-refractivity contribution in [1.82, 2.24) is 9.21 Å². The third-order valence-electron chi connectivity index (χ3n) is 5.21. The molecule has 0 radical (unpaired) electrons. The molecular weight excluding hydrogens is 428 g/mol. The number of benzene rings is 2. The third kappa shape index (κ3) is 6.17. The number of carbonyl (C=O) groups excluding carboxylic acids is 2. The van der Waals surface area contributed by atoms with Crippen LogP contribution < -0.4 is 0 Å². The highest BCUT2D eigenvalue weighted by molar-refractivity contribution is 7.89. The summed E-state index contributed by atoms with van der Waals surface area (Å²) in [6.07, 6.45) is 0. The van der Waals surface area contributed by atoms with Crippen LogP contribution >= 0.6 is 0 Å². The summed E-state index contributed by atoms with van der Waals surface area (Å²) >= 11 is 0. The van der Waals surface area contributed by atoms with E-state index in [1.165, 1.54) is 16.4 Å². The summed E-state index contributed by atoms with van der Waals surface area (Å²) in [5.74, 6) is -1.06. The van der Waals surface area contributed by atoms with Gasteiger partial charge in [-0.3, -0.25) is 4.79 Å². The van der Waals surface area contributed by atoms with Crippen LogP contribution in [-0.2, 0) is 26.1 Å². The molecule has 174 valence electrons. The summed E-state index contributed by atoms with van der Waals surface area (Å²) in [5.41, 5.74) is 1.61. The van der Waals surface area contributed by atoms with Crippen LogP contribution in [0.4, 0.5) is 0 Å². The Morgan fingerprint density at radius 3 is 2.19 bits per heavy atom. The van der Waals surface area contributed by atoms with E-state index >= 15 is 0 Å². The van der Waals surface area contributed by atoms with Gasteiger partial charge in [-0.05, 0) is 44.0 Å². The lowest BCUT2D eigenvalue weighted by molar-refractivity contribution is -0.136. The Balaban J connectivity index is 2.14. The van der Waals surface area contributed by atoms with Crippen LogP contribution in [0.5, 0.6) is 0 Å². The highest BCUT2D eigenvalue weighted by Gasteiger charge is 2.25. The first-order valence-electron chi connectivity index (χ1n) is 10.7. The van der Waals surface area contributed by atoms with Gasteiger partial charge < -0.3 is 9.64 Å². The van der Waals surface area contributed by atoms with Crippen LogP contribution in [0, 0.1) is 6.92 Å². The Morgan fingerprint density at radius 2 is 1.62 bits per heavy atom. The first kappa shape index (κ1) is 25.5. The molecule has 0 atom stereocenters. The number of ether oxygens (including phenoxy) is 1. The lowest BCUT2D eigenvalue weighted by atomic mass is 10.1. The zero-order valence-electron chi connectivity index (χ0n) is 19.4. The van der Waals surface area contributed by atoms with Crippen molar-refractivity contribution in [2.75, 3.05) is 19.7 Å². The van der Waals surface area contributed by atoms with E-state index in [1.54, 1.807) is 31.7 Å². The zero-order chi connectivity index (χ0) is 23.9. The lowest BCUT2D eigenvalue weighted by Gasteiger charge is -2.26. The number of hydrogen-bond donors (Lipinski definition) is 0. The highest BCUT2D eigenvalue weighted by Crippen LogP contribution is 2.22. The molecule has 0 unspecified atom stereocenters. The maximum absolute atomic E-state index is 12.9. The molecule has 2 aromatic rings. The SMILES string of the molecule is CCN(CC)S(=O)(=O)c1cc(C(=O)OCC(=O)N(Cc2ccccc2)C(C)C)ccc1C. The zero-order valence-corrected chi connectivity index (χ0v) is 20.2. The smallest absolute Gasteiger partial charge is 0.338 e. The second kappa shape index (κ2) is 11.2. The predicted molar refractivity (Wildman–Crippen MR) is 124 cm³/mol. The number of sulfonamides is 1. The molecule has 0 aliphatic rings. The number of esters is 1. The van der Waals surface area contributed by atoms with Crippen molar-refractivity contribution < 1.29 is 22.7 Å². The molecule has 0 aromatic heterocycles. The monoisotopic (exact) mass is 460 g/mol. The summed E-state index contributed by atoms with van der Waals surface area (Å²) in [7, 11) is -3.73. The van der Waals surface area contributed by atoms with Gasteiger partial charge in [0, 0.05) is 25.7 Å². The molecule has 32 heavy (non-hydrogen) atoms. The molecule has 0 saturated heterocycles. The van der Waals surface area contributed by atoms with E-state index in [-0.39, 0.29) is 22.4 Å². The quantitative estimate of drug-likeness (QED) is 0.506. The maximum atomic E-state index is 12.9. The Bertz CT molecular complexity index is 1030. The summed E-state index contributed by atoms with van der Waals surface area (Å²) in [4.78, 5) is 27.0. The molecule has 0 spiro atoms. The van der Waals surface area contributed by atoms with E-state index in [0.717, 1.165) is 5.56 Å². The average molecular weight is 461 g/mol. The second-order valence-electron chi connectivity index (χ2n) is 7.75. The number of carbonyl (C=O) groups is 2. The van der Waals surface area contributed by atoms with Gasteiger partial charge in [-0.1, -0.05) is 50.2 Å². The number of amides is 1. The fourth-order valence-corrected chi connectivity index (χ4v) is 5.05. The van der Waals surface area contributed by atoms with Gasteiger partial charge in [0.25, 0.3) is 5.91 Å². The first-order valence-corrected chi connectivity index (χ1v) is 12.2. The van der Waals surface area contributed by atoms with Gasteiger partial charge in [-0.25, -0.2) is 13.2 Å². The van der Waals surface area contributed by atoms with Gasteiger partial charge in [0.1, 0.15) is 0 Å². The van der Waals surface area contributed by atoms with Crippen LogP contribution in [0.2, 0.25) is 0 Å². The number of aryl methyl sites for hydroxylation is 1. The van der Waals surface area contributed by atoms with E-state index in [4.69, 9.17) is 4.74 Å². The van der Waals surface area contributed by atoms with Crippen LogP contribution in [0.1, 0.15) is 49.2 Å². The topological polar surface area (TPSA) is 84.0 Å². The normalized spacial score (nSPS) is 11.6. The fourth-order valence-electron chi connectivity index (χ4n) is 3.34. The molecular formula is C24H32N2O5S. The average Bonchev–Trinajstić information content (AvgIpc) is 2.76. The lowest BCUT2D eigenvalue weighted by Crippen LogP contribution is -2.39. The third-order valence-corrected chi connectivity index (χ3v) is 7.41. The van der Waals surface area contributed by atoms with E-state index in [1.807, 2.05) is 44.2 Å². The molecule has 0 heterocycles. The van der Waals surface area contributed by atoms with Crippen molar-refractivity contribution in [2.24, 2.45) is 0 Å². The van der Waals surface area contributed by atoms with Gasteiger partial charge in [0.2, 0.25) is 10.0 Å². The van der Waals surface area contributed by atoms with Gasteiger partial charge in [-0.15, -0.1) is 0 Å². The molecule has 7 nitrogen and oxygen atoms in total. The van der Waals surface area contributed by atoms with E-state index in [9.17, 15) is 18.0 Å². The van der Waals surface area contributed by atoms with Crippen molar-refractivity contribution in [3.05, 3.63) is 65.2 Å². The van der Waals surface area contributed by atoms with Crippen LogP contribution in [-0.4, -0.2) is 55.2 Å². The molecule has 0 aliphatic heterocycles. The molecule has 0 aliphatic carbocycles. The molecule has 0 bridgehead atoms. The molecule has 0 N–H and O–H groups in total. The number of nitrogens with zero attached hydrogens (tertiary/aromatic N) is 2. The Morgan fingerprint density at radius 1 is 1.00 bits per heavy atom. The van der Waals surface area contributed by atoms with Crippen molar-refractivity contribution >= 4 is 21.9 Å². The van der Waals surface area contributed by atoms with Crippen LogP contribution in [0.15, 0.2) is 53.4 Å². The summed E-state index contributed by atoms with van der Waals surface area (Å²) in [6, 6.07) is 13.9. The molecule has 8 heteroatoms. The van der Waals surface area contributed by atoms with Crippen LogP contribution in [0.3, 0.4) is 0 Å². The number of rotatable bonds is 10. The van der Waals surface area contributed by atoms with Crippen molar-refractivity contribution in [3.8, 4) is 0 Å². The van der Waals surface area contributed by atoms with E-state index in [0.29, 0.717) is 25.2 Å². The van der Waals surface area contributed by atoms with Crippen molar-refractivity contribution in [3.63, 3.8) is 0 Å². The minimum absolute atomic E-state index is 0.0647. The van der Waals surface area contributed by atoms with Crippen molar-refractivity contribution in [1.29, 1.82) is 0 Å². The molecule has 1 amide bonds. The molecule has 2 aromatic carbocycles. The Hall–Kier alpha value is -2.71. The molecule has 2 rings (SSSR count). The second-order valence-corrected chi connectivity index (χ2v) is 9.65. The minimum Gasteiger partial charge on any atom is -0.452 e. The Kier molecular flexibility index (Phi) is 8.98. The van der Waals surface area contributed by atoms with Crippen molar-refractivity contribution in [2.45, 2.75) is 52.1 Å². The van der Waals surface area contributed by atoms with Gasteiger partial charge in [0.05, 0.1) is 10.5 Å². The van der Waals surface area contributed by atoms with E-state index in [2.05, 4.69) is 0 Å². The van der Waals surface area contributed by atoms with Crippen LogP contribution in [0.25, 0.3) is 0 Å².